The van der Waals surface area contributed by atoms with E-state index in [9.17, 15) is 0 Å². The Balaban J connectivity index is 1.83. The highest BCUT2D eigenvalue weighted by Gasteiger charge is 2.12. The molecular formula is C13H27NO. The van der Waals surface area contributed by atoms with E-state index in [1.54, 1.807) is 0 Å². The van der Waals surface area contributed by atoms with Crippen molar-refractivity contribution >= 4 is 0 Å². The number of nitrogens with one attached hydrogen (secondary N) is 1. The normalized spacial score (nSPS) is 22.2. The van der Waals surface area contributed by atoms with E-state index in [4.69, 9.17) is 4.74 Å². The molecular weight excluding hydrogens is 186 g/mol. The van der Waals surface area contributed by atoms with Crippen molar-refractivity contribution in [3.63, 3.8) is 0 Å². The van der Waals surface area contributed by atoms with Crippen LogP contribution in [0.5, 0.6) is 0 Å². The van der Waals surface area contributed by atoms with Crippen LogP contribution in [0, 0.1) is 11.8 Å². The molecule has 1 aliphatic heterocycles. The minimum absolute atomic E-state index is 0.767. The first-order chi connectivity index (χ1) is 7.29. The van der Waals surface area contributed by atoms with Gasteiger partial charge in [-0.25, -0.2) is 0 Å². The molecule has 0 bridgehead atoms. The van der Waals surface area contributed by atoms with Crippen LogP contribution in [0.25, 0.3) is 0 Å². The molecule has 1 N–H and O–H groups in total. The number of rotatable bonds is 7. The molecule has 1 fully saturated rings. The van der Waals surface area contributed by atoms with Crippen LogP contribution in [-0.4, -0.2) is 26.3 Å². The molecule has 1 rings (SSSR count). The first kappa shape index (κ1) is 13.0. The van der Waals surface area contributed by atoms with Gasteiger partial charge in [-0.3, -0.25) is 0 Å². The number of hydrogen-bond donors (Lipinski definition) is 1. The molecule has 0 aliphatic carbocycles. The van der Waals surface area contributed by atoms with E-state index in [2.05, 4.69) is 19.2 Å². The van der Waals surface area contributed by atoms with Crippen LogP contribution in [0.1, 0.15) is 46.0 Å². The summed E-state index contributed by atoms with van der Waals surface area (Å²) in [6.07, 6.45) is 6.66. The lowest BCUT2D eigenvalue weighted by Crippen LogP contribution is -2.29. The van der Waals surface area contributed by atoms with Gasteiger partial charge in [0.05, 0.1) is 6.61 Å². The third-order valence-corrected chi connectivity index (χ3v) is 3.07. The maximum atomic E-state index is 5.45. The molecule has 0 aromatic carbocycles. The van der Waals surface area contributed by atoms with Crippen LogP contribution in [-0.2, 0) is 4.74 Å². The van der Waals surface area contributed by atoms with Gasteiger partial charge in [0.25, 0.3) is 0 Å². The third kappa shape index (κ3) is 6.91. The molecule has 2 nitrogen and oxygen atoms in total. The molecule has 0 amide bonds. The van der Waals surface area contributed by atoms with E-state index in [-0.39, 0.29) is 0 Å². The maximum absolute atomic E-state index is 5.45. The lowest BCUT2D eigenvalue weighted by molar-refractivity contribution is 0.0549. The van der Waals surface area contributed by atoms with Gasteiger partial charge in [-0.05, 0) is 37.6 Å². The van der Waals surface area contributed by atoms with Crippen molar-refractivity contribution in [1.29, 1.82) is 0 Å². The Labute approximate surface area is 94.8 Å². The zero-order valence-electron chi connectivity index (χ0n) is 10.4. The van der Waals surface area contributed by atoms with E-state index in [0.717, 1.165) is 31.6 Å². The van der Waals surface area contributed by atoms with E-state index in [0.29, 0.717) is 0 Å². The molecule has 15 heavy (non-hydrogen) atoms. The van der Waals surface area contributed by atoms with Crippen molar-refractivity contribution in [1.82, 2.24) is 5.32 Å². The van der Waals surface area contributed by atoms with Gasteiger partial charge in [-0.15, -0.1) is 0 Å². The predicted molar refractivity (Wildman–Crippen MR) is 65.1 cm³/mol. The van der Waals surface area contributed by atoms with Gasteiger partial charge in [0.1, 0.15) is 0 Å². The average molecular weight is 213 g/mol. The Morgan fingerprint density at radius 1 is 1.33 bits per heavy atom. The summed E-state index contributed by atoms with van der Waals surface area (Å²) in [7, 11) is 0. The second kappa shape index (κ2) is 8.12. The first-order valence-corrected chi connectivity index (χ1v) is 6.57. The van der Waals surface area contributed by atoms with E-state index in [1.165, 1.54) is 38.6 Å². The fourth-order valence-electron chi connectivity index (χ4n) is 2.08. The minimum atomic E-state index is 0.767. The Kier molecular flexibility index (Phi) is 7.03. The van der Waals surface area contributed by atoms with Gasteiger partial charge >= 0.3 is 0 Å². The maximum Gasteiger partial charge on any atom is 0.0506 e. The molecule has 1 heterocycles. The SMILES string of the molecule is CC(C)CCCCNCC1CCCOC1. The van der Waals surface area contributed by atoms with Crippen LogP contribution in [0.15, 0.2) is 0 Å². The second-order valence-corrected chi connectivity index (χ2v) is 5.18. The van der Waals surface area contributed by atoms with Crippen molar-refractivity contribution in [2.45, 2.75) is 46.0 Å². The average Bonchev–Trinajstić information content (AvgIpc) is 2.24. The number of unbranched alkanes of at least 4 members (excludes halogenated alkanes) is 1. The van der Waals surface area contributed by atoms with Crippen molar-refractivity contribution in [2.24, 2.45) is 11.8 Å². The quantitative estimate of drug-likeness (QED) is 0.657. The van der Waals surface area contributed by atoms with Gasteiger partial charge in [-0.1, -0.05) is 26.7 Å². The van der Waals surface area contributed by atoms with Gasteiger partial charge in [-0.2, -0.15) is 0 Å². The molecule has 0 saturated carbocycles. The summed E-state index contributed by atoms with van der Waals surface area (Å²) in [5.74, 6) is 1.63. The summed E-state index contributed by atoms with van der Waals surface area (Å²) in [4.78, 5) is 0. The Bertz CT molecular complexity index is 141. The van der Waals surface area contributed by atoms with Crippen molar-refractivity contribution < 1.29 is 4.74 Å². The zero-order valence-corrected chi connectivity index (χ0v) is 10.4. The van der Waals surface area contributed by atoms with Crippen LogP contribution >= 0.6 is 0 Å². The Hall–Kier alpha value is -0.0800. The molecule has 1 atom stereocenters. The number of ether oxygens (including phenoxy) is 1. The molecule has 0 spiro atoms. The first-order valence-electron chi connectivity index (χ1n) is 6.57. The fraction of sp³-hybridized carbons (Fsp3) is 1.00. The summed E-state index contributed by atoms with van der Waals surface area (Å²) in [6.45, 7) is 8.88. The smallest absolute Gasteiger partial charge is 0.0506 e. The lowest BCUT2D eigenvalue weighted by Gasteiger charge is -2.22. The Morgan fingerprint density at radius 2 is 2.20 bits per heavy atom. The highest BCUT2D eigenvalue weighted by Crippen LogP contribution is 2.12. The van der Waals surface area contributed by atoms with E-state index >= 15 is 0 Å². The fourth-order valence-corrected chi connectivity index (χ4v) is 2.08. The molecule has 1 saturated heterocycles. The monoisotopic (exact) mass is 213 g/mol. The topological polar surface area (TPSA) is 21.3 Å². The largest absolute Gasteiger partial charge is 0.381 e. The molecule has 1 aliphatic rings. The van der Waals surface area contributed by atoms with Gasteiger partial charge in [0.2, 0.25) is 0 Å². The Morgan fingerprint density at radius 3 is 2.87 bits per heavy atom. The second-order valence-electron chi connectivity index (χ2n) is 5.18. The number of hydrogen-bond acceptors (Lipinski definition) is 2. The lowest BCUT2D eigenvalue weighted by atomic mass is 10.0. The molecule has 0 aromatic heterocycles. The summed E-state index contributed by atoms with van der Waals surface area (Å²) in [5.41, 5.74) is 0. The van der Waals surface area contributed by atoms with Gasteiger partial charge in [0.15, 0.2) is 0 Å². The summed E-state index contributed by atoms with van der Waals surface area (Å²) in [5, 5.41) is 3.55. The third-order valence-electron chi connectivity index (χ3n) is 3.07. The molecule has 1 unspecified atom stereocenters. The predicted octanol–water partition coefficient (Wildman–Crippen LogP) is 2.83. The minimum Gasteiger partial charge on any atom is -0.381 e. The molecule has 2 heteroatoms. The summed E-state index contributed by atoms with van der Waals surface area (Å²) < 4.78 is 5.45. The van der Waals surface area contributed by atoms with Crippen molar-refractivity contribution in [3.8, 4) is 0 Å². The van der Waals surface area contributed by atoms with Crippen LogP contribution in [0.4, 0.5) is 0 Å². The molecule has 0 aromatic rings. The van der Waals surface area contributed by atoms with Crippen LogP contribution < -0.4 is 5.32 Å². The zero-order chi connectivity index (χ0) is 10.9. The van der Waals surface area contributed by atoms with E-state index in [1.807, 2.05) is 0 Å². The summed E-state index contributed by atoms with van der Waals surface area (Å²) >= 11 is 0. The van der Waals surface area contributed by atoms with Gasteiger partial charge in [0, 0.05) is 13.2 Å². The highest BCUT2D eigenvalue weighted by atomic mass is 16.5. The highest BCUT2D eigenvalue weighted by molar-refractivity contribution is 4.65. The van der Waals surface area contributed by atoms with Crippen LogP contribution in [0.2, 0.25) is 0 Å². The summed E-state index contributed by atoms with van der Waals surface area (Å²) in [6, 6.07) is 0. The van der Waals surface area contributed by atoms with Crippen molar-refractivity contribution in [3.05, 3.63) is 0 Å². The van der Waals surface area contributed by atoms with Crippen molar-refractivity contribution in [2.75, 3.05) is 26.3 Å². The van der Waals surface area contributed by atoms with Gasteiger partial charge < -0.3 is 10.1 Å². The standard InChI is InChI=1S/C13H27NO/c1-12(2)6-3-4-8-14-10-13-7-5-9-15-11-13/h12-14H,3-11H2,1-2H3. The molecule has 0 radical (unpaired) electrons. The molecule has 90 valence electrons. The van der Waals surface area contributed by atoms with E-state index < -0.39 is 0 Å². The van der Waals surface area contributed by atoms with Crippen LogP contribution in [0.3, 0.4) is 0 Å².